The van der Waals surface area contributed by atoms with Gasteiger partial charge in [-0.1, -0.05) is 44.9 Å². The van der Waals surface area contributed by atoms with Gasteiger partial charge < -0.3 is 28.3 Å². The predicted molar refractivity (Wildman–Crippen MR) is 156 cm³/mol. The Morgan fingerprint density at radius 1 is 0.872 bits per heavy atom. The van der Waals surface area contributed by atoms with Crippen molar-refractivity contribution in [3.63, 3.8) is 0 Å². The van der Waals surface area contributed by atoms with Crippen LogP contribution in [0.4, 0.5) is 0 Å². The van der Waals surface area contributed by atoms with Crippen LogP contribution < -0.4 is 68.9 Å². The molecule has 0 aromatic rings. The molecule has 0 unspecified atom stereocenters. The maximum atomic E-state index is 11.9. The molecule has 0 radical (unpaired) electrons. The van der Waals surface area contributed by atoms with E-state index < -0.39 is 39.1 Å². The van der Waals surface area contributed by atoms with E-state index in [9.17, 15) is 28.7 Å². The molecule has 0 bridgehead atoms. The van der Waals surface area contributed by atoms with Crippen molar-refractivity contribution in [2.24, 2.45) is 0 Å². The van der Waals surface area contributed by atoms with E-state index in [0.29, 0.717) is 6.42 Å². The van der Waals surface area contributed by atoms with E-state index in [0.717, 1.165) is 32.1 Å². The first-order valence-electron chi connectivity index (χ1n) is 11.2. The van der Waals surface area contributed by atoms with Gasteiger partial charge in [-0.05, 0) is 60.7 Å². The number of hydrogen-bond donors (Lipinski definition) is 1. The van der Waals surface area contributed by atoms with Gasteiger partial charge in [0.2, 0.25) is 0 Å². The average molecular weight is 613 g/mol. The maximum Gasteiger partial charge on any atom is 1.00 e. The number of carbonyl (C=O) groups excluding carboxylic acids is 3. The fourth-order valence-electron chi connectivity index (χ4n) is 2.12. The summed E-state index contributed by atoms with van der Waals surface area (Å²) in [6, 6.07) is 0. The van der Waals surface area contributed by atoms with Gasteiger partial charge in [-0.3, -0.25) is 9.59 Å². The molecule has 0 aromatic carbocycles. The van der Waals surface area contributed by atoms with Gasteiger partial charge in [-0.2, -0.15) is 0 Å². The zero-order valence-electron chi connectivity index (χ0n) is 23.0. The van der Waals surface area contributed by atoms with Gasteiger partial charge in [0.05, 0.1) is 14.4 Å². The molecule has 0 saturated heterocycles. The maximum absolute atomic E-state index is 11.9. The molecular weight excluding hydrogens is 565 g/mol. The minimum Gasteiger partial charge on any atom is -0.790 e. The second kappa shape index (κ2) is 31.4. The van der Waals surface area contributed by atoms with Crippen molar-refractivity contribution in [2.45, 2.75) is 71.8 Å². The van der Waals surface area contributed by atoms with Gasteiger partial charge >= 0.3 is 71.1 Å². The zero-order chi connectivity index (χ0) is 28.4. The Kier molecular flexibility index (Phi) is 36.1. The van der Waals surface area contributed by atoms with Gasteiger partial charge in [0.1, 0.15) is 6.61 Å². The molecule has 0 aliphatic carbocycles. The van der Waals surface area contributed by atoms with Crippen LogP contribution >= 0.6 is 20.5 Å². The number of ether oxygens (including phenoxy) is 2. The van der Waals surface area contributed by atoms with Crippen LogP contribution in [0.3, 0.4) is 0 Å². The number of phosphoric ester groups is 1. The molecule has 0 aromatic heterocycles. The number of thiol groups is 1. The van der Waals surface area contributed by atoms with Crippen LogP contribution in [0.15, 0.2) is 0 Å². The smallest absolute Gasteiger partial charge is 0.790 e. The molecule has 0 amide bonds. The standard InChI is InChI=1S/C24H27O8P.C2H4OS.2Na.9H2/c1-3-5-7-9-11-12-13-15-16-18-23(25)30-20-22(21-31-33(27,28)29)32-24(26)19-17-14-10-8-6-4-2;1-2(3)4;;;;;;;;;;;/h22H,4,6,8,10,14,17,19-21H2,1-2H3,(H2,27,28,29);1H3,(H,3,4);;;9*1H/q;;2*+1;;;;;;;;;/p-2/t22-;;;;;;;;;;;;/m0............/s1. The Bertz CT molecular complexity index is 1120. The van der Waals surface area contributed by atoms with Crippen molar-refractivity contribution >= 4 is 37.5 Å². The van der Waals surface area contributed by atoms with Crippen LogP contribution in [-0.4, -0.2) is 36.4 Å². The number of carbonyl (C=O) groups is 3. The number of unbranched alkanes of at least 4 members (excludes halogenated alkanes) is 5. The third-order valence-corrected chi connectivity index (χ3v) is 4.04. The van der Waals surface area contributed by atoms with Crippen molar-refractivity contribution in [1.29, 1.82) is 0 Å². The van der Waals surface area contributed by atoms with Gasteiger partial charge in [-0.25, -0.2) is 4.79 Å². The van der Waals surface area contributed by atoms with E-state index in [2.05, 4.69) is 83.3 Å². The summed E-state index contributed by atoms with van der Waals surface area (Å²) in [7, 11) is -5.29. The van der Waals surface area contributed by atoms with E-state index in [1.54, 1.807) is 6.92 Å². The van der Waals surface area contributed by atoms with Crippen LogP contribution in [0.2, 0.25) is 0 Å². The second-order valence-corrected chi connectivity index (χ2v) is 8.65. The summed E-state index contributed by atoms with van der Waals surface area (Å²) in [4.78, 5) is 54.3. The fraction of sp³-hybridized carbons (Fsp3) is 0.500. The van der Waals surface area contributed by atoms with E-state index in [-0.39, 0.29) is 83.5 Å². The van der Waals surface area contributed by atoms with Crippen LogP contribution in [-0.2, 0) is 32.9 Å². The average Bonchev–Trinajstić information content (AvgIpc) is 2.81. The Labute approximate surface area is 294 Å². The minimum atomic E-state index is -5.29. The molecule has 13 heteroatoms. The molecule has 0 spiro atoms. The molecule has 0 aliphatic heterocycles. The van der Waals surface area contributed by atoms with Gasteiger partial charge in [0, 0.05) is 32.1 Å². The first-order valence-corrected chi connectivity index (χ1v) is 13.1. The van der Waals surface area contributed by atoms with Gasteiger partial charge in [-0.15, -0.1) is 12.6 Å². The molecule has 0 saturated carbocycles. The summed E-state index contributed by atoms with van der Waals surface area (Å²) in [5.74, 6) is 22.1. The molecular formula is C26H47Na2O9PS. The summed E-state index contributed by atoms with van der Waals surface area (Å²) in [6.45, 7) is 3.82. The Morgan fingerprint density at radius 2 is 1.36 bits per heavy atom. The fourth-order valence-corrected chi connectivity index (χ4v) is 2.47. The quantitative estimate of drug-likeness (QED) is 0.0465. The van der Waals surface area contributed by atoms with E-state index >= 15 is 0 Å². The summed E-state index contributed by atoms with van der Waals surface area (Å²) < 4.78 is 24.7. The van der Waals surface area contributed by atoms with Crippen molar-refractivity contribution < 1.29 is 115 Å². The topological polar surface area (TPSA) is 142 Å². The second-order valence-electron chi connectivity index (χ2n) is 6.87. The summed E-state index contributed by atoms with van der Waals surface area (Å²) in [6.07, 6.45) is 4.60. The largest absolute Gasteiger partial charge is 1.00 e. The van der Waals surface area contributed by atoms with Crippen LogP contribution in [0.1, 0.15) is 78.6 Å². The molecule has 218 valence electrons. The van der Waals surface area contributed by atoms with Crippen molar-refractivity contribution in [3.8, 4) is 59.2 Å². The summed E-state index contributed by atoms with van der Waals surface area (Å²) >= 11 is 3.33. The molecule has 0 heterocycles. The van der Waals surface area contributed by atoms with E-state index in [1.807, 2.05) is 0 Å². The molecule has 0 fully saturated rings. The van der Waals surface area contributed by atoms with Crippen molar-refractivity contribution in [1.82, 2.24) is 0 Å². The third-order valence-electron chi connectivity index (χ3n) is 3.58. The van der Waals surface area contributed by atoms with Gasteiger partial charge in [0.25, 0.3) is 0 Å². The normalized spacial score (nSPS) is 9.18. The first kappa shape index (κ1) is 44.9. The van der Waals surface area contributed by atoms with E-state index in [1.165, 1.54) is 6.92 Å². The van der Waals surface area contributed by atoms with Crippen molar-refractivity contribution in [3.05, 3.63) is 0 Å². The zero-order valence-corrected chi connectivity index (χ0v) is 28.8. The third kappa shape index (κ3) is 41.5. The Morgan fingerprint density at radius 3 is 1.87 bits per heavy atom. The SMILES string of the molecule is CC#CC#CC#CC#CC#CC(=O)OC[C@@H](COP(=O)([O-])[O-])OC(=O)CCCCCCCC.CC(=O)S.[HH].[HH].[HH].[HH].[HH].[HH].[HH].[HH].[HH].[Na+].[Na+]. The summed E-state index contributed by atoms with van der Waals surface area (Å²) in [5, 5.41) is -0.139. The van der Waals surface area contributed by atoms with E-state index in [4.69, 9.17) is 9.47 Å². The molecule has 9 nitrogen and oxygen atoms in total. The molecule has 0 N–H and O–H groups in total. The van der Waals surface area contributed by atoms with Gasteiger partial charge in [0.15, 0.2) is 11.2 Å². The van der Waals surface area contributed by atoms with Crippen LogP contribution in [0.5, 0.6) is 0 Å². The molecule has 1 atom stereocenters. The number of rotatable bonds is 13. The molecule has 0 rings (SSSR count). The van der Waals surface area contributed by atoms with Crippen LogP contribution in [0.25, 0.3) is 0 Å². The Balaban J connectivity index is -0.0000000700. The van der Waals surface area contributed by atoms with Crippen LogP contribution in [0, 0.1) is 59.2 Å². The predicted octanol–water partition coefficient (Wildman–Crippen LogP) is -2.24. The number of hydrogen-bond acceptors (Lipinski definition) is 9. The minimum absolute atomic E-state index is 0. The molecule has 0 aliphatic rings. The number of phosphoric acid groups is 1. The van der Waals surface area contributed by atoms with Crippen molar-refractivity contribution in [2.75, 3.05) is 13.2 Å². The monoisotopic (exact) mass is 612 g/mol. The Hall–Kier alpha value is -1.13. The first-order chi connectivity index (χ1) is 17.5. The number of esters is 2. The summed E-state index contributed by atoms with van der Waals surface area (Å²) in [5.41, 5.74) is 0. The molecule has 39 heavy (non-hydrogen) atoms.